The van der Waals surface area contributed by atoms with Crippen molar-refractivity contribution in [3.05, 3.63) is 6.33 Å². The zero-order valence-corrected chi connectivity index (χ0v) is 6.98. The number of hydrogen-bond donors (Lipinski definition) is 0. The molecular formula is C6H7ClN4O. The highest BCUT2D eigenvalue weighted by atomic mass is 35.5. The van der Waals surface area contributed by atoms with Gasteiger partial charge in [-0.3, -0.25) is 0 Å². The minimum Gasteiger partial charge on any atom is -0.301 e. The van der Waals surface area contributed by atoms with Gasteiger partial charge in [-0.25, -0.2) is 0 Å². The summed E-state index contributed by atoms with van der Waals surface area (Å²) in [5.74, 6) is 0. The minimum absolute atomic E-state index is 0.456. The van der Waals surface area contributed by atoms with E-state index in [1.807, 2.05) is 0 Å². The molecule has 1 aromatic heterocycles. The van der Waals surface area contributed by atoms with Gasteiger partial charge in [0.2, 0.25) is 0 Å². The van der Waals surface area contributed by atoms with Gasteiger partial charge in [0.15, 0.2) is 6.33 Å². The van der Waals surface area contributed by atoms with Crippen molar-refractivity contribution in [2.24, 2.45) is 0 Å². The van der Waals surface area contributed by atoms with E-state index in [0.29, 0.717) is 0 Å². The first-order valence-electron chi connectivity index (χ1n) is 3.63. The van der Waals surface area contributed by atoms with Crippen molar-refractivity contribution in [1.82, 2.24) is 20.2 Å². The van der Waals surface area contributed by atoms with Gasteiger partial charge in [-0.1, -0.05) is 0 Å². The second kappa shape index (κ2) is 2.52. The van der Waals surface area contributed by atoms with Crippen LogP contribution in [0.25, 0.3) is 0 Å². The number of aldehydes is 1. The highest BCUT2D eigenvalue weighted by molar-refractivity contribution is 6.27. The summed E-state index contributed by atoms with van der Waals surface area (Å²) in [4.78, 5) is 11.5. The van der Waals surface area contributed by atoms with Gasteiger partial charge in [0.25, 0.3) is 0 Å². The van der Waals surface area contributed by atoms with Gasteiger partial charge < -0.3 is 4.79 Å². The Hall–Kier alpha value is -0.970. The lowest BCUT2D eigenvalue weighted by molar-refractivity contribution is -0.111. The summed E-state index contributed by atoms with van der Waals surface area (Å²) in [5.41, 5.74) is 0. The molecule has 5 nitrogen and oxygen atoms in total. The number of tetrazole rings is 1. The Bertz CT molecular complexity index is 282. The second-order valence-electron chi connectivity index (χ2n) is 2.87. The third-order valence-electron chi connectivity index (χ3n) is 2.00. The first-order valence-corrected chi connectivity index (χ1v) is 4.01. The van der Waals surface area contributed by atoms with Crippen LogP contribution in [0.2, 0.25) is 0 Å². The zero-order valence-electron chi connectivity index (χ0n) is 6.22. The van der Waals surface area contributed by atoms with Crippen LogP contribution in [0.3, 0.4) is 0 Å². The lowest BCUT2D eigenvalue weighted by Gasteiger charge is -2.12. The van der Waals surface area contributed by atoms with Crippen LogP contribution < -0.4 is 0 Å². The molecule has 1 aliphatic rings. The Morgan fingerprint density at radius 3 is 2.83 bits per heavy atom. The van der Waals surface area contributed by atoms with Crippen LogP contribution in [-0.4, -0.2) is 31.4 Å². The first kappa shape index (κ1) is 7.67. The highest BCUT2D eigenvalue weighted by Gasteiger charge is 2.50. The molecule has 0 spiro atoms. The third kappa shape index (κ3) is 1.10. The van der Waals surface area contributed by atoms with E-state index in [1.54, 1.807) is 0 Å². The molecule has 0 radical (unpaired) electrons. The second-order valence-corrected chi connectivity index (χ2v) is 3.62. The predicted molar refractivity (Wildman–Crippen MR) is 40.7 cm³/mol. The van der Waals surface area contributed by atoms with E-state index in [2.05, 4.69) is 15.4 Å². The Labute approximate surface area is 73.7 Å². The Morgan fingerprint density at radius 2 is 2.42 bits per heavy atom. The van der Waals surface area contributed by atoms with E-state index in [0.717, 1.165) is 19.1 Å². The lowest BCUT2D eigenvalue weighted by Crippen LogP contribution is -2.24. The summed E-state index contributed by atoms with van der Waals surface area (Å²) in [6, 6.07) is -0.471. The van der Waals surface area contributed by atoms with Gasteiger partial charge in [-0.15, -0.1) is 21.8 Å². The molecule has 0 saturated heterocycles. The van der Waals surface area contributed by atoms with Crippen LogP contribution in [0.1, 0.15) is 18.9 Å². The molecule has 1 atom stereocenters. The van der Waals surface area contributed by atoms with Crippen LogP contribution in [0.4, 0.5) is 0 Å². The molecule has 6 heteroatoms. The summed E-state index contributed by atoms with van der Waals surface area (Å²) in [6.45, 7) is 0. The number of nitrogens with zero attached hydrogens (tertiary/aromatic N) is 4. The molecule has 64 valence electrons. The molecule has 0 bridgehead atoms. The maximum Gasteiger partial charge on any atom is 0.162 e. The van der Waals surface area contributed by atoms with Crippen molar-refractivity contribution in [2.45, 2.75) is 23.8 Å². The van der Waals surface area contributed by atoms with Crippen molar-refractivity contribution < 1.29 is 4.79 Å². The largest absolute Gasteiger partial charge is 0.301 e. The fraction of sp³-hybridized carbons (Fsp3) is 0.667. The summed E-state index contributed by atoms with van der Waals surface area (Å²) in [5, 5.41) is 10.9. The minimum atomic E-state index is -0.471. The molecule has 0 amide bonds. The van der Waals surface area contributed by atoms with Crippen molar-refractivity contribution in [2.75, 3.05) is 0 Å². The lowest BCUT2D eigenvalue weighted by atomic mass is 10.2. The van der Waals surface area contributed by atoms with E-state index in [4.69, 9.17) is 11.6 Å². The van der Waals surface area contributed by atoms with E-state index in [1.165, 1.54) is 11.1 Å². The number of aromatic nitrogens is 4. The van der Waals surface area contributed by atoms with Crippen molar-refractivity contribution in [3.63, 3.8) is 0 Å². The number of rotatable bonds is 3. The van der Waals surface area contributed by atoms with Crippen LogP contribution in [-0.2, 0) is 4.79 Å². The van der Waals surface area contributed by atoms with E-state index in [9.17, 15) is 4.79 Å². The zero-order chi connectivity index (χ0) is 8.60. The number of halogens is 1. The number of carbonyl (C=O) groups excluding carboxylic acids is 1. The van der Waals surface area contributed by atoms with Gasteiger partial charge in [0.1, 0.15) is 12.3 Å². The van der Waals surface area contributed by atoms with Crippen LogP contribution >= 0.6 is 11.6 Å². The maximum atomic E-state index is 10.7. The van der Waals surface area contributed by atoms with Gasteiger partial charge in [0.05, 0.1) is 4.87 Å². The molecule has 1 heterocycles. The van der Waals surface area contributed by atoms with Crippen molar-refractivity contribution in [3.8, 4) is 0 Å². The van der Waals surface area contributed by atoms with Gasteiger partial charge in [-0.05, 0) is 18.1 Å². The van der Waals surface area contributed by atoms with Crippen LogP contribution in [0.5, 0.6) is 0 Å². The quantitative estimate of drug-likeness (QED) is 0.499. The molecule has 1 aliphatic carbocycles. The molecule has 0 unspecified atom stereocenters. The summed E-state index contributed by atoms with van der Waals surface area (Å²) >= 11 is 6.04. The Kier molecular flexibility index (Phi) is 1.61. The standard InChI is InChI=1S/C6H7ClN4O/c7-6(1-2-6)5(3-12)11-9-4-8-10-11/h3-5H,1-2H2/t5-/m0/s1. The molecule has 0 aliphatic heterocycles. The van der Waals surface area contributed by atoms with Gasteiger partial charge in [-0.2, -0.15) is 4.80 Å². The Morgan fingerprint density at radius 1 is 1.67 bits per heavy atom. The van der Waals surface area contributed by atoms with E-state index >= 15 is 0 Å². The first-order chi connectivity index (χ1) is 5.76. The number of carbonyl (C=O) groups is 1. The SMILES string of the molecule is O=C[C@H](n1ncnn1)C1(Cl)CC1. The summed E-state index contributed by atoms with van der Waals surface area (Å²) in [6.07, 6.45) is 3.72. The maximum absolute atomic E-state index is 10.7. The molecule has 1 aromatic rings. The molecule has 0 aromatic carbocycles. The van der Waals surface area contributed by atoms with E-state index in [-0.39, 0.29) is 0 Å². The molecule has 1 fully saturated rings. The topological polar surface area (TPSA) is 60.7 Å². The average molecular weight is 187 g/mol. The molecule has 0 N–H and O–H groups in total. The number of alkyl halides is 1. The molecule has 2 rings (SSSR count). The molecule has 12 heavy (non-hydrogen) atoms. The normalized spacial score (nSPS) is 21.8. The molecule has 1 saturated carbocycles. The van der Waals surface area contributed by atoms with Gasteiger partial charge >= 0.3 is 0 Å². The smallest absolute Gasteiger partial charge is 0.162 e. The highest BCUT2D eigenvalue weighted by Crippen LogP contribution is 2.49. The average Bonchev–Trinajstić information content (AvgIpc) is 2.63. The predicted octanol–water partition coefficient (Wildman–Crippen LogP) is 0.184. The number of hydrogen-bond acceptors (Lipinski definition) is 4. The van der Waals surface area contributed by atoms with Crippen LogP contribution in [0, 0.1) is 0 Å². The monoisotopic (exact) mass is 186 g/mol. The van der Waals surface area contributed by atoms with Crippen molar-refractivity contribution >= 4 is 17.9 Å². The fourth-order valence-corrected chi connectivity index (χ4v) is 1.33. The fourth-order valence-electron chi connectivity index (χ4n) is 1.10. The van der Waals surface area contributed by atoms with E-state index < -0.39 is 10.9 Å². The Balaban J connectivity index is 2.25. The van der Waals surface area contributed by atoms with Crippen LogP contribution in [0.15, 0.2) is 6.33 Å². The summed E-state index contributed by atoms with van der Waals surface area (Å²) in [7, 11) is 0. The third-order valence-corrected chi connectivity index (χ3v) is 2.60. The molecular weight excluding hydrogens is 180 g/mol. The van der Waals surface area contributed by atoms with Gasteiger partial charge in [0, 0.05) is 0 Å². The summed E-state index contributed by atoms with van der Waals surface area (Å²) < 4.78 is 0. The van der Waals surface area contributed by atoms with Crippen molar-refractivity contribution in [1.29, 1.82) is 0 Å².